The lowest BCUT2D eigenvalue weighted by molar-refractivity contribution is -0.145. The number of methoxy groups -OCH3 is 1. The summed E-state index contributed by atoms with van der Waals surface area (Å²) in [6.45, 7) is 6.12. The second kappa shape index (κ2) is 11.9. The van der Waals surface area contributed by atoms with Crippen LogP contribution >= 0.6 is 0 Å². The van der Waals surface area contributed by atoms with Crippen molar-refractivity contribution in [3.63, 3.8) is 0 Å². The molecule has 2 heterocycles. The number of ether oxygens (including phenoxy) is 1. The van der Waals surface area contributed by atoms with Gasteiger partial charge in [0.15, 0.2) is 0 Å². The first-order chi connectivity index (χ1) is 17.5. The van der Waals surface area contributed by atoms with Gasteiger partial charge < -0.3 is 25.2 Å². The summed E-state index contributed by atoms with van der Waals surface area (Å²) in [5.41, 5.74) is 2.87. The van der Waals surface area contributed by atoms with Crippen molar-refractivity contribution in [3.05, 3.63) is 54.1 Å². The molecule has 3 amide bonds. The van der Waals surface area contributed by atoms with E-state index < -0.39 is 6.04 Å². The number of amides is 3. The average molecular weight is 494 g/mol. The summed E-state index contributed by atoms with van der Waals surface area (Å²) >= 11 is 0. The maximum atomic E-state index is 13.2. The third-order valence-corrected chi connectivity index (χ3v) is 6.85. The molecule has 1 atom stereocenters. The van der Waals surface area contributed by atoms with E-state index in [1.54, 1.807) is 12.0 Å². The highest BCUT2D eigenvalue weighted by molar-refractivity contribution is 5.98. The van der Waals surface area contributed by atoms with Crippen molar-refractivity contribution in [2.45, 2.75) is 25.8 Å². The van der Waals surface area contributed by atoms with E-state index >= 15 is 0 Å². The van der Waals surface area contributed by atoms with Gasteiger partial charge in [0.25, 0.3) is 0 Å². The molecule has 2 aromatic rings. The number of aryl methyl sites for hydroxylation is 1. The molecule has 192 valence electrons. The molecule has 2 aliphatic rings. The molecule has 2 aliphatic heterocycles. The fourth-order valence-electron chi connectivity index (χ4n) is 4.80. The molecule has 0 radical (unpaired) electrons. The molecule has 9 nitrogen and oxygen atoms in total. The van der Waals surface area contributed by atoms with Crippen molar-refractivity contribution >= 4 is 29.1 Å². The van der Waals surface area contributed by atoms with Crippen LogP contribution in [0, 0.1) is 0 Å². The first-order valence-electron chi connectivity index (χ1n) is 12.5. The summed E-state index contributed by atoms with van der Waals surface area (Å²) in [5.74, 6) is 0.146. The van der Waals surface area contributed by atoms with Crippen LogP contribution in [-0.4, -0.2) is 86.5 Å². The molecule has 2 saturated heterocycles. The largest absolute Gasteiger partial charge is 0.497 e. The molecule has 0 spiro atoms. The number of para-hydroxylation sites is 1. The average Bonchev–Trinajstić information content (AvgIpc) is 2.90. The van der Waals surface area contributed by atoms with Crippen LogP contribution in [0.25, 0.3) is 0 Å². The first-order valence-corrected chi connectivity index (χ1v) is 12.5. The zero-order valence-corrected chi connectivity index (χ0v) is 21.0. The molecule has 4 rings (SSSR count). The maximum absolute atomic E-state index is 13.2. The Morgan fingerprint density at radius 3 is 2.58 bits per heavy atom. The second-order valence-electron chi connectivity index (χ2n) is 9.12. The number of hydrogen-bond donors (Lipinski definition) is 2. The SMILES string of the molecule is CCc1ccccc1NC(=O)CC1C(=O)NCCN1C(=O)CN1CCN(c2cccc(OC)c2)CC1. The number of carbonyl (C=O) groups excluding carboxylic acids is 3. The van der Waals surface area contributed by atoms with E-state index in [0.717, 1.165) is 55.3 Å². The summed E-state index contributed by atoms with van der Waals surface area (Å²) in [6, 6.07) is 14.8. The molecule has 0 bridgehead atoms. The normalized spacial score (nSPS) is 18.5. The molecule has 0 aliphatic carbocycles. The van der Waals surface area contributed by atoms with Crippen LogP contribution in [0.5, 0.6) is 5.75 Å². The van der Waals surface area contributed by atoms with Crippen molar-refractivity contribution in [2.75, 3.05) is 63.1 Å². The number of carbonyl (C=O) groups is 3. The summed E-state index contributed by atoms with van der Waals surface area (Å²) in [7, 11) is 1.66. The van der Waals surface area contributed by atoms with E-state index in [1.165, 1.54) is 0 Å². The lowest BCUT2D eigenvalue weighted by Crippen LogP contribution is -2.60. The van der Waals surface area contributed by atoms with Crippen LogP contribution in [0.2, 0.25) is 0 Å². The number of hydrogen-bond acceptors (Lipinski definition) is 6. The molecule has 0 saturated carbocycles. The van der Waals surface area contributed by atoms with Gasteiger partial charge in [0, 0.05) is 56.7 Å². The Hall–Kier alpha value is -3.59. The van der Waals surface area contributed by atoms with E-state index in [1.807, 2.05) is 49.4 Å². The lowest BCUT2D eigenvalue weighted by Gasteiger charge is -2.39. The van der Waals surface area contributed by atoms with Crippen LogP contribution in [0.15, 0.2) is 48.5 Å². The van der Waals surface area contributed by atoms with Gasteiger partial charge in [0.05, 0.1) is 20.1 Å². The Morgan fingerprint density at radius 2 is 1.83 bits per heavy atom. The monoisotopic (exact) mass is 493 g/mol. The van der Waals surface area contributed by atoms with E-state index in [4.69, 9.17) is 4.74 Å². The second-order valence-corrected chi connectivity index (χ2v) is 9.12. The minimum atomic E-state index is -0.807. The van der Waals surface area contributed by atoms with Gasteiger partial charge >= 0.3 is 0 Å². The summed E-state index contributed by atoms with van der Waals surface area (Å²) in [4.78, 5) is 44.7. The highest BCUT2D eigenvalue weighted by Crippen LogP contribution is 2.22. The number of anilines is 2. The minimum absolute atomic E-state index is 0.0702. The smallest absolute Gasteiger partial charge is 0.243 e. The summed E-state index contributed by atoms with van der Waals surface area (Å²) < 4.78 is 5.33. The molecule has 0 aromatic heterocycles. The third-order valence-electron chi connectivity index (χ3n) is 6.85. The summed E-state index contributed by atoms with van der Waals surface area (Å²) in [6.07, 6.45) is 0.718. The van der Waals surface area contributed by atoms with Gasteiger partial charge in [-0.2, -0.15) is 0 Å². The Morgan fingerprint density at radius 1 is 1.06 bits per heavy atom. The fourth-order valence-corrected chi connectivity index (χ4v) is 4.80. The predicted molar refractivity (Wildman–Crippen MR) is 139 cm³/mol. The van der Waals surface area contributed by atoms with E-state index in [2.05, 4.69) is 26.5 Å². The number of nitrogens with zero attached hydrogens (tertiary/aromatic N) is 3. The standard InChI is InChI=1S/C27H35N5O4/c1-3-20-7-4-5-10-23(20)29-25(33)18-24-27(35)28-11-12-32(24)26(34)19-30-13-15-31(16-14-30)21-8-6-9-22(17-21)36-2/h4-10,17,24H,3,11-16,18-19H2,1-2H3,(H,28,35)(H,29,33). The van der Waals surface area contributed by atoms with Gasteiger partial charge in [-0.1, -0.05) is 31.2 Å². The van der Waals surface area contributed by atoms with Gasteiger partial charge in [0.2, 0.25) is 17.7 Å². The number of benzene rings is 2. The zero-order chi connectivity index (χ0) is 25.5. The van der Waals surface area contributed by atoms with Crippen LogP contribution in [0.1, 0.15) is 18.9 Å². The van der Waals surface area contributed by atoms with Crippen molar-refractivity contribution in [2.24, 2.45) is 0 Å². The highest BCUT2D eigenvalue weighted by atomic mass is 16.5. The molecular formula is C27H35N5O4. The van der Waals surface area contributed by atoms with Crippen molar-refractivity contribution in [3.8, 4) is 5.75 Å². The van der Waals surface area contributed by atoms with E-state index in [-0.39, 0.29) is 30.7 Å². The Balaban J connectivity index is 1.33. The van der Waals surface area contributed by atoms with Gasteiger partial charge in [0.1, 0.15) is 11.8 Å². The number of rotatable bonds is 8. The Kier molecular flexibility index (Phi) is 8.43. The molecule has 1 unspecified atom stereocenters. The van der Waals surface area contributed by atoms with E-state index in [0.29, 0.717) is 13.1 Å². The molecule has 2 N–H and O–H groups in total. The van der Waals surface area contributed by atoms with Gasteiger partial charge in [-0.25, -0.2) is 0 Å². The zero-order valence-electron chi connectivity index (χ0n) is 21.0. The highest BCUT2D eigenvalue weighted by Gasteiger charge is 2.35. The van der Waals surface area contributed by atoms with Crippen LogP contribution in [-0.2, 0) is 20.8 Å². The molecule has 36 heavy (non-hydrogen) atoms. The van der Waals surface area contributed by atoms with Crippen molar-refractivity contribution < 1.29 is 19.1 Å². The van der Waals surface area contributed by atoms with Gasteiger partial charge in [-0.05, 0) is 30.2 Å². The van der Waals surface area contributed by atoms with Crippen molar-refractivity contribution in [1.82, 2.24) is 15.1 Å². The minimum Gasteiger partial charge on any atom is -0.497 e. The van der Waals surface area contributed by atoms with Gasteiger partial charge in [-0.15, -0.1) is 0 Å². The molecular weight excluding hydrogens is 458 g/mol. The maximum Gasteiger partial charge on any atom is 0.243 e. The van der Waals surface area contributed by atoms with E-state index in [9.17, 15) is 14.4 Å². The fraction of sp³-hybridized carbons (Fsp3) is 0.444. The van der Waals surface area contributed by atoms with Crippen LogP contribution in [0.3, 0.4) is 0 Å². The quantitative estimate of drug-likeness (QED) is 0.582. The molecule has 2 aromatic carbocycles. The molecule has 9 heteroatoms. The Bertz CT molecular complexity index is 1080. The number of piperazine rings is 2. The first kappa shape index (κ1) is 25.5. The summed E-state index contributed by atoms with van der Waals surface area (Å²) in [5, 5.41) is 5.72. The topological polar surface area (TPSA) is 94.2 Å². The van der Waals surface area contributed by atoms with Gasteiger partial charge in [-0.3, -0.25) is 19.3 Å². The van der Waals surface area contributed by atoms with Crippen molar-refractivity contribution in [1.29, 1.82) is 0 Å². The number of nitrogens with one attached hydrogen (secondary N) is 2. The predicted octanol–water partition coefficient (Wildman–Crippen LogP) is 1.74. The third kappa shape index (κ3) is 6.15. The van der Waals surface area contributed by atoms with Crippen LogP contribution in [0.4, 0.5) is 11.4 Å². The molecule has 2 fully saturated rings. The Labute approximate surface area is 212 Å². The van der Waals surface area contributed by atoms with Crippen LogP contribution < -0.4 is 20.3 Å². The lowest BCUT2D eigenvalue weighted by atomic mass is 10.1.